The zero-order valence-electron chi connectivity index (χ0n) is 19.0. The third-order valence-corrected chi connectivity index (χ3v) is 6.41. The van der Waals surface area contributed by atoms with Gasteiger partial charge in [-0.2, -0.15) is 0 Å². The molecule has 2 amide bonds. The summed E-state index contributed by atoms with van der Waals surface area (Å²) >= 11 is 1.34. The highest BCUT2D eigenvalue weighted by Crippen LogP contribution is 2.26. The second-order valence-electron chi connectivity index (χ2n) is 7.99. The third-order valence-electron chi connectivity index (χ3n) is 5.50. The number of fused-ring (bicyclic) bond motifs is 3. The molecule has 0 saturated heterocycles. The van der Waals surface area contributed by atoms with Gasteiger partial charge < -0.3 is 10.2 Å². The maximum absolute atomic E-state index is 13.0. The number of hydrogen-bond donors (Lipinski definition) is 1. The number of carbonyl (C=O) groups is 2. The van der Waals surface area contributed by atoms with Crippen molar-refractivity contribution in [1.29, 1.82) is 0 Å². The molecule has 2 aromatic carbocycles. The molecule has 170 valence electrons. The molecule has 0 aliphatic heterocycles. The molecule has 8 heteroatoms. The minimum atomic E-state index is -0.203. The number of nitrogens with zero attached hydrogens (tertiary/aromatic N) is 4. The molecule has 1 N–H and O–H groups in total. The summed E-state index contributed by atoms with van der Waals surface area (Å²) in [5.41, 5.74) is 4.64. The van der Waals surface area contributed by atoms with Crippen LogP contribution in [0.5, 0.6) is 0 Å². The minimum absolute atomic E-state index is 0.0181. The van der Waals surface area contributed by atoms with Gasteiger partial charge in [0.1, 0.15) is 0 Å². The molecule has 0 unspecified atom stereocenters. The summed E-state index contributed by atoms with van der Waals surface area (Å²) in [6.07, 6.45) is 0.770. The average Bonchev–Trinajstić information content (AvgIpc) is 3.21. The van der Waals surface area contributed by atoms with Crippen LogP contribution >= 0.6 is 11.8 Å². The zero-order valence-corrected chi connectivity index (χ0v) is 19.9. The number of aromatic nitrogens is 3. The Morgan fingerprint density at radius 3 is 2.58 bits per heavy atom. The molecular weight excluding hydrogens is 434 g/mol. The van der Waals surface area contributed by atoms with Crippen molar-refractivity contribution in [1.82, 2.24) is 19.5 Å². The Balaban J connectivity index is 1.47. The van der Waals surface area contributed by atoms with Crippen LogP contribution in [0.4, 0.5) is 5.69 Å². The molecule has 0 spiro atoms. The molecule has 0 bridgehead atoms. The average molecular weight is 462 g/mol. The monoisotopic (exact) mass is 461 g/mol. The zero-order chi connectivity index (χ0) is 23.4. The normalized spacial score (nSPS) is 11.1. The Morgan fingerprint density at radius 1 is 1.03 bits per heavy atom. The van der Waals surface area contributed by atoms with Crippen molar-refractivity contribution < 1.29 is 9.59 Å². The van der Waals surface area contributed by atoms with Gasteiger partial charge in [-0.25, -0.2) is 0 Å². The van der Waals surface area contributed by atoms with Gasteiger partial charge in [0.2, 0.25) is 11.8 Å². The summed E-state index contributed by atoms with van der Waals surface area (Å²) in [5.74, 6) is -0.124. The molecule has 4 aromatic rings. The molecule has 4 rings (SSSR count). The molecular formula is C25H27N5O2S. The Morgan fingerprint density at radius 2 is 1.79 bits per heavy atom. The van der Waals surface area contributed by atoms with Gasteiger partial charge >= 0.3 is 0 Å². The number of thioether (sulfide) groups is 1. The number of hydrogen-bond acceptors (Lipinski definition) is 5. The van der Waals surface area contributed by atoms with Crippen LogP contribution in [-0.4, -0.2) is 50.2 Å². The van der Waals surface area contributed by atoms with E-state index < -0.39 is 0 Å². The molecule has 2 aromatic heterocycles. The van der Waals surface area contributed by atoms with E-state index in [9.17, 15) is 9.59 Å². The summed E-state index contributed by atoms with van der Waals surface area (Å²) in [4.78, 5) is 27.2. The SMILES string of the molecule is CCCN(CC(=O)Nc1ccccc1C)C(=O)CSc1nnc2cc(C)c3ccccc3n12. The fourth-order valence-corrected chi connectivity index (χ4v) is 4.68. The largest absolute Gasteiger partial charge is 0.333 e. The van der Waals surface area contributed by atoms with Crippen molar-refractivity contribution >= 4 is 45.8 Å². The molecule has 2 heterocycles. The molecule has 0 atom stereocenters. The maximum atomic E-state index is 13.0. The maximum Gasteiger partial charge on any atom is 0.244 e. The van der Waals surface area contributed by atoms with E-state index in [-0.39, 0.29) is 24.1 Å². The lowest BCUT2D eigenvalue weighted by Gasteiger charge is -2.21. The van der Waals surface area contributed by atoms with E-state index in [1.165, 1.54) is 11.8 Å². The number of amides is 2. The summed E-state index contributed by atoms with van der Waals surface area (Å²) in [5, 5.41) is 13.3. The molecule has 0 saturated carbocycles. The molecule has 0 radical (unpaired) electrons. The molecule has 33 heavy (non-hydrogen) atoms. The molecule has 0 fully saturated rings. The number of anilines is 1. The van der Waals surface area contributed by atoms with Crippen LogP contribution in [-0.2, 0) is 9.59 Å². The standard InChI is InChI=1S/C25H27N5O2S/c1-4-13-29(15-23(31)26-20-11-7-5-9-17(20)2)24(32)16-33-25-28-27-22-14-18(3)19-10-6-8-12-21(19)30(22)25/h5-12,14H,4,13,15-16H2,1-3H3,(H,26,31). The van der Waals surface area contributed by atoms with Crippen molar-refractivity contribution in [2.45, 2.75) is 32.3 Å². The van der Waals surface area contributed by atoms with Crippen molar-refractivity contribution in [3.05, 3.63) is 65.7 Å². The second kappa shape index (κ2) is 10.0. The van der Waals surface area contributed by atoms with Gasteiger partial charge in [-0.15, -0.1) is 10.2 Å². The van der Waals surface area contributed by atoms with Crippen LogP contribution in [0.2, 0.25) is 0 Å². The minimum Gasteiger partial charge on any atom is -0.333 e. The molecule has 0 aliphatic carbocycles. The summed E-state index contributed by atoms with van der Waals surface area (Å²) in [6, 6.07) is 17.7. The van der Waals surface area contributed by atoms with Crippen LogP contribution in [0.25, 0.3) is 16.6 Å². The summed E-state index contributed by atoms with van der Waals surface area (Å²) in [6.45, 7) is 6.52. The van der Waals surface area contributed by atoms with Crippen molar-refractivity contribution in [2.24, 2.45) is 0 Å². The Hall–Kier alpha value is -3.39. The van der Waals surface area contributed by atoms with E-state index in [1.54, 1.807) is 4.90 Å². The highest BCUT2D eigenvalue weighted by molar-refractivity contribution is 7.99. The van der Waals surface area contributed by atoms with Crippen LogP contribution < -0.4 is 5.32 Å². The first-order chi connectivity index (χ1) is 16.0. The van der Waals surface area contributed by atoms with Gasteiger partial charge in [0.05, 0.1) is 17.8 Å². The summed E-state index contributed by atoms with van der Waals surface area (Å²) in [7, 11) is 0. The highest BCUT2D eigenvalue weighted by atomic mass is 32.2. The number of rotatable bonds is 8. The van der Waals surface area contributed by atoms with E-state index in [2.05, 4.69) is 28.5 Å². The van der Waals surface area contributed by atoms with E-state index in [4.69, 9.17) is 0 Å². The van der Waals surface area contributed by atoms with Crippen molar-refractivity contribution in [2.75, 3.05) is 24.2 Å². The first-order valence-electron chi connectivity index (χ1n) is 11.0. The van der Waals surface area contributed by atoms with Gasteiger partial charge in [-0.3, -0.25) is 14.0 Å². The van der Waals surface area contributed by atoms with E-state index >= 15 is 0 Å². The van der Waals surface area contributed by atoms with Gasteiger partial charge in [0.15, 0.2) is 10.8 Å². The number of para-hydroxylation sites is 2. The van der Waals surface area contributed by atoms with Gasteiger partial charge in [0, 0.05) is 17.6 Å². The number of aryl methyl sites for hydroxylation is 2. The smallest absolute Gasteiger partial charge is 0.244 e. The van der Waals surface area contributed by atoms with Crippen LogP contribution in [0, 0.1) is 13.8 Å². The molecule has 7 nitrogen and oxygen atoms in total. The topological polar surface area (TPSA) is 79.6 Å². The number of pyridine rings is 1. The van der Waals surface area contributed by atoms with Crippen LogP contribution in [0.3, 0.4) is 0 Å². The van der Waals surface area contributed by atoms with Gasteiger partial charge in [-0.1, -0.05) is 55.1 Å². The van der Waals surface area contributed by atoms with Crippen molar-refractivity contribution in [3.8, 4) is 0 Å². The van der Waals surface area contributed by atoms with Crippen LogP contribution in [0.1, 0.15) is 24.5 Å². The highest BCUT2D eigenvalue weighted by Gasteiger charge is 2.19. The number of benzene rings is 2. The first-order valence-corrected chi connectivity index (χ1v) is 12.0. The lowest BCUT2D eigenvalue weighted by Crippen LogP contribution is -2.39. The Kier molecular flexibility index (Phi) is 6.93. The lowest BCUT2D eigenvalue weighted by molar-refractivity contribution is -0.132. The second-order valence-corrected chi connectivity index (χ2v) is 8.93. The number of nitrogens with one attached hydrogen (secondary N) is 1. The van der Waals surface area contributed by atoms with E-state index in [1.807, 2.05) is 66.8 Å². The predicted octanol–water partition coefficient (Wildman–Crippen LogP) is 4.47. The van der Waals surface area contributed by atoms with Gasteiger partial charge in [0.25, 0.3) is 0 Å². The van der Waals surface area contributed by atoms with Crippen LogP contribution in [0.15, 0.2) is 59.8 Å². The van der Waals surface area contributed by atoms with Gasteiger partial charge in [-0.05, 0) is 49.6 Å². The Labute approximate surface area is 197 Å². The Bertz CT molecular complexity index is 1320. The third kappa shape index (κ3) is 5.01. The quantitative estimate of drug-likeness (QED) is 0.392. The fourth-order valence-electron chi connectivity index (χ4n) is 3.82. The lowest BCUT2D eigenvalue weighted by atomic mass is 10.1. The fraction of sp³-hybridized carbons (Fsp3) is 0.280. The number of carbonyl (C=O) groups excluding carboxylic acids is 2. The van der Waals surface area contributed by atoms with E-state index in [0.29, 0.717) is 11.7 Å². The van der Waals surface area contributed by atoms with E-state index in [0.717, 1.165) is 39.8 Å². The first kappa shape index (κ1) is 22.8. The predicted molar refractivity (Wildman–Crippen MR) is 133 cm³/mol. The molecule has 0 aliphatic rings. The van der Waals surface area contributed by atoms with Crippen molar-refractivity contribution in [3.63, 3.8) is 0 Å². The summed E-state index contributed by atoms with van der Waals surface area (Å²) < 4.78 is 1.98.